The standard InChI is InChI=1S/C25H34F2N4O4/c26-19-7-8-21(27)18(12-19)13-20(28)14-23(33)30-9-1-2-10-31-25(35)24(34)22(29)11-16-3-5-17(15-32)6-4-16/h3-8,12,20,22,24,32,34H,1-2,9-11,13-15,28-29H2,(H,30,33)(H,31,35). The van der Waals surface area contributed by atoms with E-state index in [0.29, 0.717) is 32.4 Å². The zero-order valence-corrected chi connectivity index (χ0v) is 19.6. The van der Waals surface area contributed by atoms with E-state index in [2.05, 4.69) is 10.6 Å². The van der Waals surface area contributed by atoms with E-state index in [9.17, 15) is 23.5 Å². The molecule has 0 aliphatic carbocycles. The Morgan fingerprint density at radius 1 is 0.914 bits per heavy atom. The molecule has 0 saturated heterocycles. The number of hydrogen-bond donors (Lipinski definition) is 6. The van der Waals surface area contributed by atoms with Crippen LogP contribution in [0.2, 0.25) is 0 Å². The smallest absolute Gasteiger partial charge is 0.250 e. The van der Waals surface area contributed by atoms with Gasteiger partial charge in [0, 0.05) is 31.6 Å². The summed E-state index contributed by atoms with van der Waals surface area (Å²) in [5.74, 6) is -1.99. The molecule has 2 amide bonds. The summed E-state index contributed by atoms with van der Waals surface area (Å²) in [6.07, 6.45) is 0.106. The van der Waals surface area contributed by atoms with Gasteiger partial charge in [0.15, 0.2) is 0 Å². The van der Waals surface area contributed by atoms with Crippen LogP contribution in [0.3, 0.4) is 0 Å². The summed E-state index contributed by atoms with van der Waals surface area (Å²) < 4.78 is 26.9. The van der Waals surface area contributed by atoms with E-state index >= 15 is 0 Å². The third kappa shape index (κ3) is 10.1. The van der Waals surface area contributed by atoms with Gasteiger partial charge in [0.2, 0.25) is 11.8 Å². The van der Waals surface area contributed by atoms with E-state index in [1.54, 1.807) is 24.3 Å². The number of unbranched alkanes of at least 4 members (excludes halogenated alkanes) is 1. The topological polar surface area (TPSA) is 151 Å². The molecule has 0 spiro atoms. The number of rotatable bonds is 14. The summed E-state index contributed by atoms with van der Waals surface area (Å²) in [6, 6.07) is 8.78. The number of aliphatic hydroxyl groups excluding tert-OH is 2. The summed E-state index contributed by atoms with van der Waals surface area (Å²) in [6.45, 7) is 0.607. The first-order valence-electron chi connectivity index (χ1n) is 11.6. The molecule has 0 saturated carbocycles. The van der Waals surface area contributed by atoms with Crippen molar-refractivity contribution in [2.75, 3.05) is 13.1 Å². The molecule has 2 aromatic rings. The Labute approximate surface area is 203 Å². The lowest BCUT2D eigenvalue weighted by Crippen LogP contribution is -2.47. The van der Waals surface area contributed by atoms with Gasteiger partial charge in [-0.15, -0.1) is 0 Å². The predicted octanol–water partition coefficient (Wildman–Crippen LogP) is 0.661. The molecule has 192 valence electrons. The molecule has 0 aliphatic heterocycles. The van der Waals surface area contributed by atoms with Gasteiger partial charge in [-0.05, 0) is 60.6 Å². The minimum absolute atomic E-state index is 0.0283. The van der Waals surface area contributed by atoms with Crippen LogP contribution < -0.4 is 22.1 Å². The highest BCUT2D eigenvalue weighted by molar-refractivity contribution is 5.81. The molecule has 0 fully saturated rings. The molecule has 3 atom stereocenters. The fourth-order valence-electron chi connectivity index (χ4n) is 3.52. The van der Waals surface area contributed by atoms with Crippen LogP contribution in [0.25, 0.3) is 0 Å². The minimum atomic E-state index is -1.36. The predicted molar refractivity (Wildman–Crippen MR) is 128 cm³/mol. The quantitative estimate of drug-likeness (QED) is 0.213. The highest BCUT2D eigenvalue weighted by Crippen LogP contribution is 2.12. The number of carbonyl (C=O) groups excluding carboxylic acids is 2. The van der Waals surface area contributed by atoms with E-state index in [1.165, 1.54) is 0 Å². The lowest BCUT2D eigenvalue weighted by molar-refractivity contribution is -0.130. The zero-order valence-electron chi connectivity index (χ0n) is 19.6. The van der Waals surface area contributed by atoms with Gasteiger partial charge in [-0.25, -0.2) is 8.78 Å². The summed E-state index contributed by atoms with van der Waals surface area (Å²) in [5, 5.41) is 24.6. The van der Waals surface area contributed by atoms with Gasteiger partial charge in [0.25, 0.3) is 0 Å². The molecule has 8 N–H and O–H groups in total. The average molecular weight is 493 g/mol. The first-order chi connectivity index (χ1) is 16.7. The molecule has 8 nitrogen and oxygen atoms in total. The van der Waals surface area contributed by atoms with Crippen molar-refractivity contribution in [3.63, 3.8) is 0 Å². The summed E-state index contributed by atoms with van der Waals surface area (Å²) in [5.41, 5.74) is 13.6. The lowest BCUT2D eigenvalue weighted by Gasteiger charge is -2.18. The third-order valence-electron chi connectivity index (χ3n) is 5.51. The largest absolute Gasteiger partial charge is 0.392 e. The van der Waals surface area contributed by atoms with Gasteiger partial charge in [-0.1, -0.05) is 24.3 Å². The van der Waals surface area contributed by atoms with E-state index in [1.807, 2.05) is 0 Å². The number of halogens is 2. The molecule has 0 aromatic heterocycles. The van der Waals surface area contributed by atoms with Crippen molar-refractivity contribution >= 4 is 11.8 Å². The summed E-state index contributed by atoms with van der Waals surface area (Å²) in [4.78, 5) is 24.1. The second kappa shape index (κ2) is 14.5. The third-order valence-corrected chi connectivity index (χ3v) is 5.51. The van der Waals surface area contributed by atoms with E-state index in [0.717, 1.165) is 29.3 Å². The second-order valence-electron chi connectivity index (χ2n) is 8.54. The number of carbonyl (C=O) groups is 2. The number of nitrogens with two attached hydrogens (primary N) is 2. The summed E-state index contributed by atoms with van der Waals surface area (Å²) >= 11 is 0. The van der Waals surface area contributed by atoms with E-state index in [4.69, 9.17) is 16.6 Å². The maximum Gasteiger partial charge on any atom is 0.250 e. The van der Waals surface area contributed by atoms with Crippen molar-refractivity contribution in [2.45, 2.75) is 56.9 Å². The van der Waals surface area contributed by atoms with Crippen LogP contribution in [-0.4, -0.2) is 53.3 Å². The minimum Gasteiger partial charge on any atom is -0.392 e. The molecule has 0 bridgehead atoms. The van der Waals surface area contributed by atoms with Crippen LogP contribution in [0, 0.1) is 11.6 Å². The van der Waals surface area contributed by atoms with Crippen LogP contribution in [0.4, 0.5) is 8.78 Å². The van der Waals surface area contributed by atoms with Crippen molar-refractivity contribution in [2.24, 2.45) is 11.5 Å². The van der Waals surface area contributed by atoms with Gasteiger partial charge in [0.1, 0.15) is 17.7 Å². The van der Waals surface area contributed by atoms with Crippen molar-refractivity contribution in [1.29, 1.82) is 0 Å². The van der Waals surface area contributed by atoms with Gasteiger partial charge in [-0.2, -0.15) is 0 Å². The highest BCUT2D eigenvalue weighted by Gasteiger charge is 2.22. The van der Waals surface area contributed by atoms with Crippen LogP contribution in [0.5, 0.6) is 0 Å². The normalized spacial score (nSPS) is 13.7. The van der Waals surface area contributed by atoms with Crippen molar-refractivity contribution < 1.29 is 28.6 Å². The number of aliphatic hydroxyl groups is 2. The molecule has 35 heavy (non-hydrogen) atoms. The molecule has 3 unspecified atom stereocenters. The second-order valence-corrected chi connectivity index (χ2v) is 8.54. The first kappa shape index (κ1) is 28.3. The monoisotopic (exact) mass is 492 g/mol. The van der Waals surface area contributed by atoms with Crippen molar-refractivity contribution in [3.8, 4) is 0 Å². The molecular weight excluding hydrogens is 458 g/mol. The molecule has 10 heteroatoms. The average Bonchev–Trinajstić information content (AvgIpc) is 2.83. The van der Waals surface area contributed by atoms with Gasteiger partial charge < -0.3 is 32.3 Å². The van der Waals surface area contributed by atoms with Crippen molar-refractivity contribution in [1.82, 2.24) is 10.6 Å². The van der Waals surface area contributed by atoms with Crippen molar-refractivity contribution in [3.05, 3.63) is 70.8 Å². The Bertz CT molecular complexity index is 959. The Morgan fingerprint density at radius 2 is 1.54 bits per heavy atom. The van der Waals surface area contributed by atoms with E-state index < -0.39 is 35.7 Å². The Hall–Kier alpha value is -2.92. The summed E-state index contributed by atoms with van der Waals surface area (Å²) in [7, 11) is 0. The lowest BCUT2D eigenvalue weighted by atomic mass is 10.0. The molecular formula is C25H34F2N4O4. The fourth-order valence-corrected chi connectivity index (χ4v) is 3.52. The molecule has 2 rings (SSSR count). The molecule has 0 radical (unpaired) electrons. The Balaban J connectivity index is 1.59. The maximum absolute atomic E-state index is 13.7. The van der Waals surface area contributed by atoms with Crippen LogP contribution >= 0.6 is 0 Å². The number of amides is 2. The van der Waals surface area contributed by atoms with Crippen LogP contribution in [0.15, 0.2) is 42.5 Å². The Morgan fingerprint density at radius 3 is 2.20 bits per heavy atom. The SMILES string of the molecule is NC(CC(=O)NCCCCNC(=O)C(O)C(N)Cc1ccc(CO)cc1)Cc1cc(F)ccc1F. The van der Waals surface area contributed by atoms with Gasteiger partial charge >= 0.3 is 0 Å². The molecule has 0 heterocycles. The highest BCUT2D eigenvalue weighted by atomic mass is 19.1. The van der Waals surface area contributed by atoms with Crippen LogP contribution in [-0.2, 0) is 29.0 Å². The zero-order chi connectivity index (χ0) is 25.8. The maximum atomic E-state index is 13.7. The number of benzene rings is 2. The number of hydrogen-bond acceptors (Lipinski definition) is 6. The molecule has 0 aliphatic rings. The number of nitrogens with one attached hydrogen (secondary N) is 2. The van der Waals surface area contributed by atoms with Gasteiger partial charge in [0.05, 0.1) is 6.61 Å². The fraction of sp³-hybridized carbons (Fsp3) is 0.440. The van der Waals surface area contributed by atoms with Gasteiger partial charge in [-0.3, -0.25) is 9.59 Å². The van der Waals surface area contributed by atoms with E-state index in [-0.39, 0.29) is 30.9 Å². The molecule has 2 aromatic carbocycles. The first-order valence-corrected chi connectivity index (χ1v) is 11.6. The Kier molecular flexibility index (Phi) is 11.7. The van der Waals surface area contributed by atoms with Crippen LogP contribution in [0.1, 0.15) is 36.0 Å².